The maximum atomic E-state index is 12.9. The van der Waals surface area contributed by atoms with E-state index < -0.39 is 29.5 Å². The zero-order chi connectivity index (χ0) is 59.4. The third-order valence-corrected chi connectivity index (χ3v) is 19.1. The molecule has 10 aromatic carbocycles. The molecular weight excluding hydrogens is 1100 g/mol. The fourth-order valence-electron chi connectivity index (χ4n) is 8.57. The molecule has 0 saturated heterocycles. The normalized spacial score (nSPS) is 11.4. The molecule has 0 radical (unpaired) electrons. The first-order valence-corrected chi connectivity index (χ1v) is 30.8. The molecule has 0 aliphatic heterocycles. The van der Waals surface area contributed by atoms with Gasteiger partial charge in [0.2, 0.25) is 29.5 Å². The smallest absolute Gasteiger partial charge is 0.206 e. The van der Waals surface area contributed by atoms with E-state index in [9.17, 15) is 25.3 Å². The number of sulfone groups is 3. The van der Waals surface area contributed by atoms with Gasteiger partial charge in [0.15, 0.2) is 0 Å². The van der Waals surface area contributed by atoms with Crippen LogP contribution in [0.2, 0.25) is 0 Å². The van der Waals surface area contributed by atoms with Crippen LogP contribution in [0.4, 0.5) is 0 Å². The van der Waals surface area contributed by atoms with Gasteiger partial charge in [0.25, 0.3) is 0 Å². The first-order valence-electron chi connectivity index (χ1n) is 26.3. The molecule has 0 N–H and O–H groups in total. The van der Waals surface area contributed by atoms with Gasteiger partial charge in [-0.3, -0.25) is 0 Å². The van der Waals surface area contributed by atoms with Gasteiger partial charge in [-0.05, 0) is 201 Å². The molecule has 11 nitrogen and oxygen atoms in total. The first-order chi connectivity index (χ1) is 39.7. The maximum Gasteiger partial charge on any atom is 0.206 e. The van der Waals surface area contributed by atoms with Crippen LogP contribution in [0.5, 0.6) is 40.2 Å². The topological polar surface area (TPSA) is 149 Å². The summed E-state index contributed by atoms with van der Waals surface area (Å²) in [6.45, 7) is 10.1. The summed E-state index contributed by atoms with van der Waals surface area (Å²) >= 11 is 0. The highest BCUT2D eigenvalue weighted by Gasteiger charge is 2.24. The lowest BCUT2D eigenvalue weighted by atomic mass is 9.78. The molecule has 0 fully saturated rings. The second kappa shape index (κ2) is 26.3. The minimum Gasteiger partial charge on any atom is -0.497 e. The van der Waals surface area contributed by atoms with Crippen LogP contribution in [0.25, 0.3) is 11.1 Å². The van der Waals surface area contributed by atoms with Gasteiger partial charge < -0.3 is 23.7 Å². The molecule has 14 heteroatoms. The van der Waals surface area contributed by atoms with E-state index in [1.165, 1.54) is 5.56 Å². The van der Waals surface area contributed by atoms with E-state index in [4.69, 9.17) is 23.7 Å². The van der Waals surface area contributed by atoms with Crippen molar-refractivity contribution in [3.05, 3.63) is 270 Å². The van der Waals surface area contributed by atoms with Gasteiger partial charge >= 0.3 is 0 Å². The zero-order valence-electron chi connectivity index (χ0n) is 47.3. The Hall–Kier alpha value is -8.95. The van der Waals surface area contributed by atoms with E-state index in [0.717, 1.165) is 44.9 Å². The van der Waals surface area contributed by atoms with Gasteiger partial charge in [0, 0.05) is 5.41 Å². The van der Waals surface area contributed by atoms with E-state index in [-0.39, 0.29) is 29.9 Å². The number of aryl methyl sites for hydroxylation is 3. The molecule has 0 saturated carbocycles. The molecule has 0 atom stereocenters. The number of hydrogen-bond acceptors (Lipinski definition) is 11. The van der Waals surface area contributed by atoms with E-state index in [2.05, 4.69) is 38.1 Å². The van der Waals surface area contributed by atoms with Gasteiger partial charge in [-0.2, -0.15) is 0 Å². The van der Waals surface area contributed by atoms with Gasteiger partial charge in [0.05, 0.1) is 50.7 Å². The summed E-state index contributed by atoms with van der Waals surface area (Å²) in [5, 5.41) is 0. The first kappa shape index (κ1) is 60.2. The number of hydrogen-bond donors (Lipinski definition) is 0. The van der Waals surface area contributed by atoms with Crippen LogP contribution in [0.3, 0.4) is 0 Å². The Kier molecular flexibility index (Phi) is 19.1. The van der Waals surface area contributed by atoms with E-state index >= 15 is 0 Å². The highest BCUT2D eigenvalue weighted by Crippen LogP contribution is 2.35. The van der Waals surface area contributed by atoms with Gasteiger partial charge in [-0.25, -0.2) is 25.3 Å². The lowest BCUT2D eigenvalue weighted by molar-refractivity contribution is 0.414. The number of rotatable bonds is 16. The lowest BCUT2D eigenvalue weighted by Crippen LogP contribution is -2.18. The molecule has 0 aromatic heterocycles. The molecule has 10 aromatic rings. The molecule has 10 rings (SSSR count). The van der Waals surface area contributed by atoms with Crippen LogP contribution >= 0.6 is 0 Å². The Balaban J connectivity index is 0.000000170. The molecule has 83 heavy (non-hydrogen) atoms. The van der Waals surface area contributed by atoms with Crippen LogP contribution in [0, 0.1) is 20.8 Å². The summed E-state index contributed by atoms with van der Waals surface area (Å²) in [5.74, 6) is 4.79. The summed E-state index contributed by atoms with van der Waals surface area (Å²) < 4.78 is 103. The number of benzene rings is 10. The summed E-state index contributed by atoms with van der Waals surface area (Å²) in [6, 6.07) is 71.5. The Morgan fingerprint density at radius 3 is 0.675 bits per heavy atom. The van der Waals surface area contributed by atoms with Gasteiger partial charge in [-0.1, -0.05) is 115 Å². The minimum atomic E-state index is -3.56. The summed E-state index contributed by atoms with van der Waals surface area (Å²) in [7, 11) is -5.70. The average Bonchev–Trinajstić information content (AvgIpc) is 3.65. The fourth-order valence-corrected chi connectivity index (χ4v) is 12.4. The van der Waals surface area contributed by atoms with Crippen molar-refractivity contribution < 1.29 is 48.9 Å². The monoisotopic (exact) mass is 1160 g/mol. The third kappa shape index (κ3) is 15.0. The Morgan fingerprint density at radius 2 is 0.434 bits per heavy atom. The molecule has 424 valence electrons. The van der Waals surface area contributed by atoms with Crippen molar-refractivity contribution in [2.75, 3.05) is 21.3 Å². The summed E-state index contributed by atoms with van der Waals surface area (Å²) in [5.41, 5.74) is 7.37. The van der Waals surface area contributed by atoms with Crippen molar-refractivity contribution in [2.24, 2.45) is 0 Å². The van der Waals surface area contributed by atoms with Crippen molar-refractivity contribution in [3.8, 4) is 51.4 Å². The van der Waals surface area contributed by atoms with Crippen LogP contribution < -0.4 is 23.7 Å². The van der Waals surface area contributed by atoms with Crippen LogP contribution in [0.15, 0.2) is 272 Å². The molecule has 0 aliphatic rings. The van der Waals surface area contributed by atoms with Crippen molar-refractivity contribution in [1.82, 2.24) is 0 Å². The molecule has 0 heterocycles. The van der Waals surface area contributed by atoms with Crippen LogP contribution in [0.1, 0.15) is 41.7 Å². The van der Waals surface area contributed by atoms with Crippen molar-refractivity contribution in [2.45, 2.75) is 69.4 Å². The summed E-state index contributed by atoms with van der Waals surface area (Å²) in [4.78, 5) is 1.60. The Labute approximate surface area is 488 Å². The molecule has 0 spiro atoms. The highest BCUT2D eigenvalue weighted by molar-refractivity contribution is 7.92. The fraction of sp³-hybridized carbons (Fsp3) is 0.130. The van der Waals surface area contributed by atoms with Crippen molar-refractivity contribution >= 4 is 29.5 Å². The second-order valence-electron chi connectivity index (χ2n) is 19.9. The predicted molar refractivity (Wildman–Crippen MR) is 326 cm³/mol. The molecule has 0 bridgehead atoms. The quantitative estimate of drug-likeness (QED) is 0.0910. The highest BCUT2D eigenvalue weighted by atomic mass is 32.2. The largest absolute Gasteiger partial charge is 0.497 e. The SMILES string of the molecule is COc1ccc(-c2ccc(Oc3ccc(S(=O)(=O)c4ccc(C)cc4)cc3)cc2)cc1.COc1ccc(C(C)(C)c2ccc(Oc3ccc(S(=O)(=O)c4ccc(C)cc4)cc3)cc2)cc1.COc1ccc(S(=O)(=O)c2ccc(C)cc2)cc1. The minimum absolute atomic E-state index is 0.184. The van der Waals surface area contributed by atoms with Crippen LogP contribution in [-0.2, 0) is 34.9 Å². The lowest BCUT2D eigenvalue weighted by Gasteiger charge is -2.26. The van der Waals surface area contributed by atoms with Crippen molar-refractivity contribution in [1.29, 1.82) is 0 Å². The third-order valence-electron chi connectivity index (χ3n) is 13.8. The van der Waals surface area contributed by atoms with Crippen molar-refractivity contribution in [3.63, 3.8) is 0 Å². The Morgan fingerprint density at radius 1 is 0.253 bits per heavy atom. The van der Waals surface area contributed by atoms with Gasteiger partial charge in [0.1, 0.15) is 40.2 Å². The van der Waals surface area contributed by atoms with Gasteiger partial charge in [-0.15, -0.1) is 0 Å². The number of methoxy groups -OCH3 is 3. The Bertz CT molecular complexity index is 4080. The standard InChI is InChI=1S/C29H28O4S.C26H22O4S.C14H14O3S/c1-21-5-17-27(18-6-21)34(30,31)28-19-15-26(16-20-28)33-25-13-9-23(10-14-25)29(2,3)22-7-11-24(32-4)12-8-22;1-19-3-15-25(16-4-19)31(27,28)26-17-13-24(14-18-26)30-23-11-7-21(8-12-23)20-5-9-22(29-2)10-6-20;1-11-3-7-13(8-4-11)18(15,16)14-9-5-12(17-2)6-10-14/h5-20H,1-4H3;3-18H,1-2H3;3-10H,1-2H3. The zero-order valence-corrected chi connectivity index (χ0v) is 49.8. The van der Waals surface area contributed by atoms with E-state index in [0.29, 0.717) is 33.6 Å². The maximum absolute atomic E-state index is 12.9. The van der Waals surface area contributed by atoms with Crippen LogP contribution in [-0.4, -0.2) is 46.6 Å². The molecule has 0 unspecified atom stereocenters. The molecular formula is C69H64O11S3. The van der Waals surface area contributed by atoms with E-state index in [1.807, 2.05) is 93.6 Å². The second-order valence-corrected chi connectivity index (χ2v) is 25.8. The van der Waals surface area contributed by atoms with E-state index in [1.54, 1.807) is 167 Å². The average molecular weight is 1170 g/mol. The molecule has 0 aliphatic carbocycles. The molecule has 0 amide bonds. The number of ether oxygens (including phenoxy) is 5. The summed E-state index contributed by atoms with van der Waals surface area (Å²) in [6.07, 6.45) is 0. The predicted octanol–water partition coefficient (Wildman–Crippen LogP) is 16.1.